The van der Waals surface area contributed by atoms with E-state index in [1.165, 1.54) is 0 Å². The molecule has 2 atom stereocenters. The Kier molecular flexibility index (Phi) is 6.03. The first-order chi connectivity index (χ1) is 15.4. The molecule has 6 heteroatoms. The number of aryl methyl sites for hydroxylation is 1. The van der Waals surface area contributed by atoms with Gasteiger partial charge < -0.3 is 14.6 Å². The van der Waals surface area contributed by atoms with Crippen LogP contribution in [0, 0.1) is 6.92 Å². The highest BCUT2D eigenvalue weighted by atomic mass is 16.4. The number of nitrogens with zero attached hydrogens (tertiary/aromatic N) is 3. The van der Waals surface area contributed by atoms with Crippen LogP contribution in [-0.4, -0.2) is 45.8 Å². The first kappa shape index (κ1) is 21.3. The largest absolute Gasteiger partial charge is 0.480 e. The second-order valence-corrected chi connectivity index (χ2v) is 7.97. The molecule has 3 aromatic rings. The summed E-state index contributed by atoms with van der Waals surface area (Å²) in [6.45, 7) is 2.55. The Hall–Kier alpha value is -3.93. The summed E-state index contributed by atoms with van der Waals surface area (Å²) in [6.07, 6.45) is 7.44. The molecule has 0 aliphatic carbocycles. The van der Waals surface area contributed by atoms with Gasteiger partial charge in [0, 0.05) is 25.4 Å². The fourth-order valence-electron chi connectivity index (χ4n) is 3.95. The summed E-state index contributed by atoms with van der Waals surface area (Å²) in [5, 5.41) is 9.46. The number of rotatable bonds is 7. The number of hydrogen-bond donors (Lipinski definition) is 1. The van der Waals surface area contributed by atoms with Crippen LogP contribution in [0.15, 0.2) is 77.9 Å². The highest BCUT2D eigenvalue weighted by molar-refractivity contribution is 6.08. The maximum Gasteiger partial charge on any atom is 0.331 e. The van der Waals surface area contributed by atoms with Crippen molar-refractivity contribution >= 4 is 24.2 Å². The highest BCUT2D eigenvalue weighted by Crippen LogP contribution is 2.29. The number of carboxylic acids is 1. The third-order valence-electron chi connectivity index (χ3n) is 5.64. The molecule has 0 radical (unpaired) electrons. The lowest BCUT2D eigenvalue weighted by molar-refractivity contribution is -0.139. The van der Waals surface area contributed by atoms with Crippen molar-refractivity contribution in [3.8, 4) is 0 Å². The molecule has 0 spiro atoms. The zero-order chi connectivity index (χ0) is 22.7. The third-order valence-corrected chi connectivity index (χ3v) is 5.64. The van der Waals surface area contributed by atoms with Gasteiger partial charge in [-0.25, -0.2) is 4.79 Å². The quantitative estimate of drug-likeness (QED) is 0.573. The van der Waals surface area contributed by atoms with Crippen molar-refractivity contribution in [1.29, 1.82) is 0 Å². The minimum absolute atomic E-state index is 0.00520. The summed E-state index contributed by atoms with van der Waals surface area (Å²) in [6, 6.07) is 17.9. The van der Waals surface area contributed by atoms with Gasteiger partial charge in [0.2, 0.25) is 5.78 Å². The van der Waals surface area contributed by atoms with E-state index >= 15 is 0 Å². The van der Waals surface area contributed by atoms with Crippen LogP contribution < -0.4 is 0 Å². The average Bonchev–Trinajstić information content (AvgIpc) is 3.40. The van der Waals surface area contributed by atoms with Gasteiger partial charge in [0.1, 0.15) is 0 Å². The van der Waals surface area contributed by atoms with Crippen LogP contribution in [0.25, 0.3) is 6.08 Å². The Balaban J connectivity index is 1.49. The molecule has 0 saturated carbocycles. The van der Waals surface area contributed by atoms with Crippen molar-refractivity contribution < 1.29 is 14.7 Å². The van der Waals surface area contributed by atoms with E-state index in [-0.39, 0.29) is 11.8 Å². The molecule has 0 bridgehead atoms. The summed E-state index contributed by atoms with van der Waals surface area (Å²) in [4.78, 5) is 30.3. The number of allylic oxidation sites excluding steroid dienone is 1. The summed E-state index contributed by atoms with van der Waals surface area (Å²) >= 11 is 0. The maximum absolute atomic E-state index is 12.9. The van der Waals surface area contributed by atoms with E-state index in [1.54, 1.807) is 6.34 Å². The average molecular weight is 428 g/mol. The Labute approximate surface area is 187 Å². The van der Waals surface area contributed by atoms with Gasteiger partial charge in [0.15, 0.2) is 6.04 Å². The fraction of sp³-hybridized carbons (Fsp3) is 0.192. The van der Waals surface area contributed by atoms with Gasteiger partial charge in [-0.15, -0.1) is 0 Å². The molecule has 4 rings (SSSR count). The van der Waals surface area contributed by atoms with Crippen LogP contribution in [-0.2, 0) is 11.3 Å². The lowest BCUT2D eigenvalue weighted by Gasteiger charge is -2.23. The number of benzene rings is 2. The molecule has 1 N–H and O–H groups in total. The molecule has 1 aliphatic heterocycles. The highest BCUT2D eigenvalue weighted by Gasteiger charge is 2.35. The van der Waals surface area contributed by atoms with Crippen LogP contribution in [0.5, 0.6) is 0 Å². The first-order valence-corrected chi connectivity index (χ1v) is 10.4. The van der Waals surface area contributed by atoms with Crippen LogP contribution in [0.2, 0.25) is 0 Å². The standard InChI is InChI=1S/C26H25N3O3/c1-18-10-12-20(13-11-18)25(30)22-9-5-15-29(22)14-4-7-19-6-3-8-21(16-19)24-23(26(31)32)27-17-28(24)2/h3-13,15-17,23-24H,14H2,1-2H3,(H,31,32)/b7-4+. The van der Waals surface area contributed by atoms with Gasteiger partial charge >= 0.3 is 5.97 Å². The van der Waals surface area contributed by atoms with Gasteiger partial charge in [0.05, 0.1) is 18.1 Å². The number of likely N-dealkylation sites (N-methyl/N-ethyl adjacent to an activating group) is 1. The predicted octanol–water partition coefficient (Wildman–Crippen LogP) is 4.21. The summed E-state index contributed by atoms with van der Waals surface area (Å²) in [7, 11) is 1.83. The number of ketones is 1. The third kappa shape index (κ3) is 4.39. The first-order valence-electron chi connectivity index (χ1n) is 10.4. The number of aliphatic carboxylic acids is 1. The van der Waals surface area contributed by atoms with Crippen molar-refractivity contribution in [1.82, 2.24) is 9.47 Å². The zero-order valence-corrected chi connectivity index (χ0v) is 18.1. The molecule has 2 aromatic carbocycles. The zero-order valence-electron chi connectivity index (χ0n) is 18.1. The number of carboxylic acid groups (broad SMARTS) is 1. The smallest absolute Gasteiger partial charge is 0.331 e. The van der Waals surface area contributed by atoms with E-state index in [0.29, 0.717) is 17.8 Å². The Morgan fingerprint density at radius 2 is 1.88 bits per heavy atom. The minimum atomic E-state index is -0.935. The lowest BCUT2D eigenvalue weighted by atomic mass is 9.98. The second kappa shape index (κ2) is 9.06. The number of aliphatic imine (C=N–C) groups is 1. The molecule has 1 aliphatic rings. The Bertz CT molecular complexity index is 1190. The van der Waals surface area contributed by atoms with Gasteiger partial charge in [-0.3, -0.25) is 9.79 Å². The van der Waals surface area contributed by atoms with E-state index in [4.69, 9.17) is 0 Å². The Morgan fingerprint density at radius 3 is 2.62 bits per heavy atom. The monoisotopic (exact) mass is 427 g/mol. The van der Waals surface area contributed by atoms with E-state index in [1.807, 2.05) is 102 Å². The van der Waals surface area contributed by atoms with E-state index in [0.717, 1.165) is 16.7 Å². The molecule has 32 heavy (non-hydrogen) atoms. The second-order valence-electron chi connectivity index (χ2n) is 7.97. The van der Waals surface area contributed by atoms with Gasteiger partial charge in [0.25, 0.3) is 0 Å². The SMILES string of the molecule is Cc1ccc(C(=O)c2cccn2C/C=C/c2cccc(C3C(C(=O)O)N=CN3C)c2)cc1. The fourth-order valence-corrected chi connectivity index (χ4v) is 3.95. The van der Waals surface area contributed by atoms with Crippen molar-refractivity contribution in [3.63, 3.8) is 0 Å². The molecule has 0 fully saturated rings. The minimum Gasteiger partial charge on any atom is -0.480 e. The normalized spacial score (nSPS) is 17.9. The van der Waals surface area contributed by atoms with Gasteiger partial charge in [-0.1, -0.05) is 60.2 Å². The van der Waals surface area contributed by atoms with Gasteiger partial charge in [-0.2, -0.15) is 0 Å². The molecule has 0 amide bonds. The molecule has 162 valence electrons. The molecule has 0 saturated heterocycles. The molecule has 2 heterocycles. The van der Waals surface area contributed by atoms with Crippen molar-refractivity contribution in [2.75, 3.05) is 7.05 Å². The maximum atomic E-state index is 12.9. The van der Waals surface area contributed by atoms with Gasteiger partial charge in [-0.05, 0) is 36.2 Å². The molecule has 6 nitrogen and oxygen atoms in total. The van der Waals surface area contributed by atoms with Crippen LogP contribution >= 0.6 is 0 Å². The number of carbonyl (C=O) groups is 2. The molecule has 1 aromatic heterocycles. The Morgan fingerprint density at radius 1 is 1.09 bits per heavy atom. The number of aromatic nitrogens is 1. The number of carbonyl (C=O) groups excluding carboxylic acids is 1. The van der Waals surface area contributed by atoms with Crippen molar-refractivity contribution in [3.05, 3.63) is 101 Å². The van der Waals surface area contributed by atoms with E-state index in [2.05, 4.69) is 4.99 Å². The topological polar surface area (TPSA) is 74.9 Å². The van der Waals surface area contributed by atoms with E-state index in [9.17, 15) is 14.7 Å². The molecule has 2 unspecified atom stereocenters. The molecular formula is C26H25N3O3. The summed E-state index contributed by atoms with van der Waals surface area (Å²) in [5.41, 5.74) is 4.29. The van der Waals surface area contributed by atoms with Crippen LogP contribution in [0.1, 0.15) is 38.8 Å². The van der Waals surface area contributed by atoms with Crippen LogP contribution in [0.3, 0.4) is 0 Å². The van der Waals surface area contributed by atoms with Crippen molar-refractivity contribution in [2.24, 2.45) is 4.99 Å². The van der Waals surface area contributed by atoms with E-state index < -0.39 is 12.0 Å². The molecular weight excluding hydrogens is 402 g/mol. The summed E-state index contributed by atoms with van der Waals surface area (Å²) < 4.78 is 1.92. The lowest BCUT2D eigenvalue weighted by Crippen LogP contribution is -2.30. The van der Waals surface area contributed by atoms with Crippen molar-refractivity contribution in [2.45, 2.75) is 25.6 Å². The number of hydrogen-bond acceptors (Lipinski definition) is 4. The summed E-state index contributed by atoms with van der Waals surface area (Å²) in [5.74, 6) is -0.940. The van der Waals surface area contributed by atoms with Crippen LogP contribution in [0.4, 0.5) is 0 Å². The predicted molar refractivity (Wildman–Crippen MR) is 125 cm³/mol.